The van der Waals surface area contributed by atoms with E-state index in [1.54, 1.807) is 55.6 Å². The molecular weight excluding hydrogens is 568 g/mol. The monoisotopic (exact) mass is 598 g/mol. The molecule has 44 heavy (non-hydrogen) atoms. The van der Waals surface area contributed by atoms with Crippen LogP contribution < -0.4 is 10.2 Å². The second-order valence-electron chi connectivity index (χ2n) is 9.04. The lowest BCUT2D eigenvalue weighted by molar-refractivity contribution is -0.142. The van der Waals surface area contributed by atoms with E-state index in [0.29, 0.717) is 41.2 Å². The number of anilines is 2. The lowest BCUT2D eigenvalue weighted by Gasteiger charge is -2.21. The van der Waals surface area contributed by atoms with Gasteiger partial charge in [0.2, 0.25) is 0 Å². The molecule has 13 heteroatoms. The van der Waals surface area contributed by atoms with Gasteiger partial charge in [-0.3, -0.25) is 14.5 Å². The molecule has 0 spiro atoms. The molecule has 0 saturated carbocycles. The van der Waals surface area contributed by atoms with E-state index in [4.69, 9.17) is 25.2 Å². The van der Waals surface area contributed by atoms with Crippen molar-refractivity contribution in [1.29, 1.82) is 5.26 Å². The van der Waals surface area contributed by atoms with Crippen molar-refractivity contribution in [2.24, 2.45) is 7.05 Å². The molecular formula is C31H30N6O7. The number of fused-ring (bicyclic) bond motifs is 1. The van der Waals surface area contributed by atoms with Crippen molar-refractivity contribution in [2.75, 3.05) is 23.4 Å². The fourth-order valence-electron chi connectivity index (χ4n) is 3.95. The molecule has 0 aliphatic heterocycles. The third-order valence-electron chi connectivity index (χ3n) is 6.07. The Balaban J connectivity index is 0.000000583. The summed E-state index contributed by atoms with van der Waals surface area (Å²) in [5.74, 6) is -1.91. The van der Waals surface area contributed by atoms with E-state index >= 15 is 0 Å². The Labute approximate surface area is 252 Å². The lowest BCUT2D eigenvalue weighted by atomic mass is 10.1. The van der Waals surface area contributed by atoms with E-state index in [-0.39, 0.29) is 31.4 Å². The quantitative estimate of drug-likeness (QED) is 0.168. The van der Waals surface area contributed by atoms with Gasteiger partial charge in [-0.25, -0.2) is 19.6 Å². The number of imidazole rings is 1. The van der Waals surface area contributed by atoms with Crippen LogP contribution >= 0.6 is 0 Å². The first kappa shape index (κ1) is 32.5. The summed E-state index contributed by atoms with van der Waals surface area (Å²) in [4.78, 5) is 55.0. The van der Waals surface area contributed by atoms with Gasteiger partial charge in [0.1, 0.15) is 11.6 Å². The molecule has 2 aromatic carbocycles. The number of carboxylic acids is 2. The maximum absolute atomic E-state index is 13.5. The van der Waals surface area contributed by atoms with Crippen LogP contribution in [0.25, 0.3) is 11.0 Å². The Morgan fingerprint density at radius 3 is 2.34 bits per heavy atom. The number of carboxylic acid groups (broad SMARTS) is 2. The van der Waals surface area contributed by atoms with Gasteiger partial charge in [-0.1, -0.05) is 6.07 Å². The molecule has 0 unspecified atom stereocenters. The molecule has 0 fully saturated rings. The summed E-state index contributed by atoms with van der Waals surface area (Å²) in [7, 11) is 1.92. The molecule has 226 valence electrons. The zero-order chi connectivity index (χ0) is 32.1. The smallest absolute Gasteiger partial charge is 0.328 e. The number of amides is 1. The fourth-order valence-corrected chi connectivity index (χ4v) is 3.95. The number of hydrogen-bond donors (Lipinski definition) is 3. The molecule has 0 aliphatic rings. The first-order chi connectivity index (χ1) is 21.1. The van der Waals surface area contributed by atoms with Crippen LogP contribution in [0.3, 0.4) is 0 Å². The number of nitrogens with one attached hydrogen (secondary N) is 1. The van der Waals surface area contributed by atoms with Crippen LogP contribution in [-0.2, 0) is 32.7 Å². The van der Waals surface area contributed by atoms with Gasteiger partial charge in [0, 0.05) is 43.2 Å². The summed E-state index contributed by atoms with van der Waals surface area (Å²) in [5, 5.41) is 27.9. The highest BCUT2D eigenvalue weighted by Gasteiger charge is 2.21. The molecule has 4 rings (SSSR count). The van der Waals surface area contributed by atoms with E-state index in [2.05, 4.69) is 16.4 Å². The zero-order valence-electron chi connectivity index (χ0n) is 24.0. The highest BCUT2D eigenvalue weighted by Crippen LogP contribution is 2.21. The number of aryl methyl sites for hydroxylation is 1. The van der Waals surface area contributed by atoms with E-state index in [1.807, 2.05) is 29.8 Å². The topological polar surface area (TPSA) is 188 Å². The molecule has 0 atom stereocenters. The van der Waals surface area contributed by atoms with Crippen LogP contribution in [0.5, 0.6) is 0 Å². The van der Waals surface area contributed by atoms with Gasteiger partial charge < -0.3 is 24.8 Å². The van der Waals surface area contributed by atoms with Crippen LogP contribution in [-0.4, -0.2) is 61.7 Å². The molecule has 0 saturated heterocycles. The molecule has 1 amide bonds. The van der Waals surface area contributed by atoms with Gasteiger partial charge in [0.05, 0.1) is 42.2 Å². The van der Waals surface area contributed by atoms with Crippen molar-refractivity contribution < 1.29 is 34.1 Å². The number of rotatable bonds is 11. The maximum Gasteiger partial charge on any atom is 0.328 e. The number of hydrogen-bond acceptors (Lipinski definition) is 9. The normalized spacial score (nSPS) is 10.4. The first-order valence-electron chi connectivity index (χ1n) is 13.3. The zero-order valence-corrected chi connectivity index (χ0v) is 24.0. The first-order valence-corrected chi connectivity index (χ1v) is 13.3. The number of esters is 1. The Bertz CT molecular complexity index is 1680. The number of nitrogens with zero attached hydrogens (tertiary/aromatic N) is 5. The lowest BCUT2D eigenvalue weighted by Crippen LogP contribution is -2.34. The number of ether oxygens (including phenoxy) is 1. The Kier molecular flexibility index (Phi) is 11.7. The molecule has 3 N–H and O–H groups in total. The SMILES string of the molecule is CCOC(=O)CCN(C(=O)c1ccc2c(c1)nc(CNc1ccc(C#N)cc1)n2C)c1ccccn1.O=C(O)/C=C\C(=O)O. The van der Waals surface area contributed by atoms with Gasteiger partial charge in [0.25, 0.3) is 5.91 Å². The number of carbonyl (C=O) groups excluding carboxylic acids is 2. The summed E-state index contributed by atoms with van der Waals surface area (Å²) >= 11 is 0. The summed E-state index contributed by atoms with van der Waals surface area (Å²) in [6.45, 7) is 2.65. The van der Waals surface area contributed by atoms with Crippen LogP contribution in [0.15, 0.2) is 79.0 Å². The van der Waals surface area contributed by atoms with Gasteiger partial charge >= 0.3 is 17.9 Å². The summed E-state index contributed by atoms with van der Waals surface area (Å²) in [6.07, 6.45) is 2.78. The summed E-state index contributed by atoms with van der Waals surface area (Å²) in [6, 6.07) is 20.0. The van der Waals surface area contributed by atoms with Crippen molar-refractivity contribution in [3.63, 3.8) is 0 Å². The minimum absolute atomic E-state index is 0.0626. The highest BCUT2D eigenvalue weighted by molar-refractivity contribution is 6.07. The standard InChI is InChI=1S/C27H26N6O3.C4H4O4/c1-3-36-26(34)13-15-33(24-6-4-5-14-29-24)27(35)20-9-12-23-22(16-20)31-25(32(23)2)18-30-21-10-7-19(17-28)8-11-21;5-3(6)1-2-4(7)8/h4-12,14,16,30H,3,13,15,18H2,1-2H3;1-2H,(H,5,6)(H,7,8)/b;2-1-. The second-order valence-corrected chi connectivity index (χ2v) is 9.04. The maximum atomic E-state index is 13.5. The predicted molar refractivity (Wildman–Crippen MR) is 161 cm³/mol. The molecule has 2 aromatic heterocycles. The second kappa shape index (κ2) is 15.8. The van der Waals surface area contributed by atoms with Crippen molar-refractivity contribution in [3.05, 3.63) is 96.0 Å². The van der Waals surface area contributed by atoms with Gasteiger partial charge in [-0.15, -0.1) is 0 Å². The summed E-state index contributed by atoms with van der Waals surface area (Å²) in [5.41, 5.74) is 3.50. The predicted octanol–water partition coefficient (Wildman–Crippen LogP) is 3.76. The molecule has 0 aliphatic carbocycles. The average Bonchev–Trinajstić information content (AvgIpc) is 3.34. The van der Waals surface area contributed by atoms with Crippen molar-refractivity contribution in [2.45, 2.75) is 19.9 Å². The third kappa shape index (κ3) is 9.25. The van der Waals surface area contributed by atoms with E-state index < -0.39 is 11.9 Å². The minimum atomic E-state index is -1.26. The van der Waals surface area contributed by atoms with E-state index in [9.17, 15) is 19.2 Å². The minimum Gasteiger partial charge on any atom is -0.478 e. The van der Waals surface area contributed by atoms with Crippen molar-refractivity contribution >= 4 is 46.4 Å². The van der Waals surface area contributed by atoms with Crippen molar-refractivity contribution in [1.82, 2.24) is 14.5 Å². The van der Waals surface area contributed by atoms with Crippen LogP contribution in [0.2, 0.25) is 0 Å². The Morgan fingerprint density at radius 2 is 1.75 bits per heavy atom. The molecule has 4 aromatic rings. The van der Waals surface area contributed by atoms with E-state index in [1.165, 1.54) is 4.90 Å². The van der Waals surface area contributed by atoms with Gasteiger partial charge in [-0.2, -0.15) is 5.26 Å². The number of nitriles is 1. The Morgan fingerprint density at radius 1 is 1.05 bits per heavy atom. The van der Waals surface area contributed by atoms with Crippen LogP contribution in [0.1, 0.15) is 35.1 Å². The number of aromatic nitrogens is 3. The van der Waals surface area contributed by atoms with Crippen LogP contribution in [0.4, 0.5) is 11.5 Å². The number of carbonyl (C=O) groups is 4. The van der Waals surface area contributed by atoms with E-state index in [0.717, 1.165) is 17.0 Å². The van der Waals surface area contributed by atoms with Crippen LogP contribution in [0, 0.1) is 11.3 Å². The van der Waals surface area contributed by atoms with Gasteiger partial charge in [0.15, 0.2) is 0 Å². The molecule has 2 heterocycles. The highest BCUT2D eigenvalue weighted by atomic mass is 16.5. The molecule has 0 radical (unpaired) electrons. The van der Waals surface area contributed by atoms with Crippen molar-refractivity contribution in [3.8, 4) is 6.07 Å². The number of pyridine rings is 1. The molecule has 0 bridgehead atoms. The third-order valence-corrected chi connectivity index (χ3v) is 6.07. The fraction of sp³-hybridized carbons (Fsp3) is 0.194. The largest absolute Gasteiger partial charge is 0.478 e. The molecule has 13 nitrogen and oxygen atoms in total. The summed E-state index contributed by atoms with van der Waals surface area (Å²) < 4.78 is 6.99. The van der Waals surface area contributed by atoms with Gasteiger partial charge in [-0.05, 0) is 61.5 Å². The Hall–Kier alpha value is -6.03. The number of benzene rings is 2. The average molecular weight is 599 g/mol. The number of aliphatic carboxylic acids is 2.